The van der Waals surface area contributed by atoms with Crippen molar-refractivity contribution in [3.05, 3.63) is 41.7 Å². The first-order chi connectivity index (χ1) is 8.58. The smallest absolute Gasteiger partial charge is 0.277 e. The van der Waals surface area contributed by atoms with Gasteiger partial charge in [0.2, 0.25) is 0 Å². The lowest BCUT2D eigenvalue weighted by Crippen LogP contribution is -2.14. The third-order valence-electron chi connectivity index (χ3n) is 2.39. The molecule has 1 aromatic carbocycles. The largest absolute Gasteiger partial charge is 0.320 e. The number of aryl methyl sites for hydroxylation is 1. The number of ketones is 1. The molecule has 1 aromatic heterocycles. The standard InChI is InChI=1S/C12H12N4O2/c1-8(17)9-5-3-4-6-10(9)13-12(18)11-7-16(2)15-14-11/h3-7H,1-2H3,(H,13,18). The van der Waals surface area contributed by atoms with Crippen molar-refractivity contribution in [1.29, 1.82) is 0 Å². The van der Waals surface area contributed by atoms with Crippen LogP contribution in [-0.4, -0.2) is 26.7 Å². The maximum absolute atomic E-state index is 11.9. The Kier molecular flexibility index (Phi) is 3.18. The maximum atomic E-state index is 11.9. The number of nitrogens with zero attached hydrogens (tertiary/aromatic N) is 3. The highest BCUT2D eigenvalue weighted by Gasteiger charge is 2.13. The van der Waals surface area contributed by atoms with Crippen molar-refractivity contribution in [1.82, 2.24) is 15.0 Å². The van der Waals surface area contributed by atoms with E-state index in [1.54, 1.807) is 31.3 Å². The first-order valence-electron chi connectivity index (χ1n) is 5.35. The van der Waals surface area contributed by atoms with Gasteiger partial charge >= 0.3 is 0 Å². The zero-order valence-corrected chi connectivity index (χ0v) is 10.0. The van der Waals surface area contributed by atoms with Crippen LogP contribution in [0.15, 0.2) is 30.5 Å². The molecule has 0 bridgehead atoms. The third kappa shape index (κ3) is 2.42. The van der Waals surface area contributed by atoms with Gasteiger partial charge in [-0.25, -0.2) is 0 Å². The van der Waals surface area contributed by atoms with E-state index in [1.165, 1.54) is 17.8 Å². The Hall–Kier alpha value is -2.50. The normalized spacial score (nSPS) is 10.1. The number of amides is 1. The van der Waals surface area contributed by atoms with Crippen molar-refractivity contribution in [2.24, 2.45) is 7.05 Å². The fourth-order valence-electron chi connectivity index (χ4n) is 1.54. The minimum atomic E-state index is -0.392. The molecule has 0 aliphatic heterocycles. The van der Waals surface area contributed by atoms with Crippen LogP contribution < -0.4 is 5.32 Å². The molecule has 0 aliphatic rings. The summed E-state index contributed by atoms with van der Waals surface area (Å²) in [6.07, 6.45) is 1.51. The van der Waals surface area contributed by atoms with Crippen LogP contribution in [0, 0.1) is 0 Å². The zero-order chi connectivity index (χ0) is 13.1. The summed E-state index contributed by atoms with van der Waals surface area (Å²) in [7, 11) is 1.67. The lowest BCUT2D eigenvalue weighted by Gasteiger charge is -2.07. The summed E-state index contributed by atoms with van der Waals surface area (Å²) in [5.74, 6) is -0.498. The molecule has 2 rings (SSSR count). The number of Topliss-reactive ketones (excluding diaryl/α,β-unsaturated/α-hetero) is 1. The zero-order valence-electron chi connectivity index (χ0n) is 10.0. The van der Waals surface area contributed by atoms with Gasteiger partial charge in [-0.15, -0.1) is 5.10 Å². The molecule has 0 aliphatic carbocycles. The quantitative estimate of drug-likeness (QED) is 0.825. The number of hydrogen-bond acceptors (Lipinski definition) is 4. The molecule has 18 heavy (non-hydrogen) atoms. The minimum Gasteiger partial charge on any atom is -0.320 e. The second-order valence-electron chi connectivity index (χ2n) is 3.83. The molecule has 0 spiro atoms. The Balaban J connectivity index is 2.24. The molecular weight excluding hydrogens is 232 g/mol. The number of carbonyl (C=O) groups is 2. The second kappa shape index (κ2) is 4.79. The first-order valence-corrected chi connectivity index (χ1v) is 5.35. The highest BCUT2D eigenvalue weighted by molar-refractivity contribution is 6.08. The first kappa shape index (κ1) is 12.0. The summed E-state index contributed by atoms with van der Waals surface area (Å²) in [5, 5.41) is 10.0. The molecule has 0 unspecified atom stereocenters. The summed E-state index contributed by atoms with van der Waals surface area (Å²) in [6.45, 7) is 1.45. The van der Waals surface area contributed by atoms with E-state index >= 15 is 0 Å². The maximum Gasteiger partial charge on any atom is 0.277 e. The molecule has 0 radical (unpaired) electrons. The highest BCUT2D eigenvalue weighted by Crippen LogP contribution is 2.16. The monoisotopic (exact) mass is 244 g/mol. The van der Waals surface area contributed by atoms with Crippen LogP contribution in [0.2, 0.25) is 0 Å². The fourth-order valence-corrected chi connectivity index (χ4v) is 1.54. The average molecular weight is 244 g/mol. The van der Waals surface area contributed by atoms with E-state index in [9.17, 15) is 9.59 Å². The molecule has 1 heterocycles. The van der Waals surface area contributed by atoms with Gasteiger partial charge in [-0.2, -0.15) is 0 Å². The van der Waals surface area contributed by atoms with E-state index in [4.69, 9.17) is 0 Å². The lowest BCUT2D eigenvalue weighted by molar-refractivity contribution is 0.101. The number of hydrogen-bond donors (Lipinski definition) is 1. The van der Waals surface area contributed by atoms with Crippen molar-refractivity contribution in [2.75, 3.05) is 5.32 Å². The van der Waals surface area contributed by atoms with Crippen molar-refractivity contribution in [3.8, 4) is 0 Å². The Morgan fingerprint density at radius 3 is 2.61 bits per heavy atom. The predicted molar refractivity (Wildman–Crippen MR) is 65.4 cm³/mol. The van der Waals surface area contributed by atoms with Gasteiger partial charge in [0.1, 0.15) is 0 Å². The molecule has 0 saturated carbocycles. The summed E-state index contributed by atoms with van der Waals surface area (Å²) < 4.78 is 1.44. The van der Waals surface area contributed by atoms with Crippen molar-refractivity contribution in [2.45, 2.75) is 6.92 Å². The number of benzene rings is 1. The molecular formula is C12H12N4O2. The van der Waals surface area contributed by atoms with Crippen molar-refractivity contribution < 1.29 is 9.59 Å². The number of nitrogens with one attached hydrogen (secondary N) is 1. The van der Waals surface area contributed by atoms with E-state index in [0.29, 0.717) is 11.3 Å². The van der Waals surface area contributed by atoms with Gasteiger partial charge < -0.3 is 5.32 Å². The summed E-state index contributed by atoms with van der Waals surface area (Å²) in [4.78, 5) is 23.3. The minimum absolute atomic E-state index is 0.106. The topological polar surface area (TPSA) is 76.9 Å². The van der Waals surface area contributed by atoms with Gasteiger partial charge in [-0.3, -0.25) is 14.3 Å². The van der Waals surface area contributed by atoms with Gasteiger partial charge in [0.05, 0.1) is 11.9 Å². The van der Waals surface area contributed by atoms with Gasteiger partial charge in [-0.1, -0.05) is 17.3 Å². The molecule has 92 valence electrons. The Morgan fingerprint density at radius 2 is 2.00 bits per heavy atom. The highest BCUT2D eigenvalue weighted by atomic mass is 16.2. The van der Waals surface area contributed by atoms with Crippen LogP contribution in [0.25, 0.3) is 0 Å². The van der Waals surface area contributed by atoms with Crippen LogP contribution in [0.4, 0.5) is 5.69 Å². The van der Waals surface area contributed by atoms with Crippen LogP contribution >= 0.6 is 0 Å². The van der Waals surface area contributed by atoms with Crippen molar-refractivity contribution >= 4 is 17.4 Å². The molecule has 1 amide bonds. The van der Waals surface area contributed by atoms with Gasteiger partial charge in [0.25, 0.3) is 5.91 Å². The SMILES string of the molecule is CC(=O)c1ccccc1NC(=O)c1cn(C)nn1. The summed E-state index contributed by atoms with van der Waals surface area (Å²) in [5.41, 5.74) is 1.14. The molecule has 0 saturated heterocycles. The van der Waals surface area contributed by atoms with Crippen LogP contribution in [-0.2, 0) is 7.05 Å². The predicted octanol–water partition coefficient (Wildman–Crippen LogP) is 1.27. The van der Waals surface area contributed by atoms with E-state index in [1.807, 2.05) is 0 Å². The number of rotatable bonds is 3. The number of anilines is 1. The lowest BCUT2D eigenvalue weighted by atomic mass is 10.1. The van der Waals surface area contributed by atoms with E-state index in [-0.39, 0.29) is 11.5 Å². The molecule has 6 nitrogen and oxygen atoms in total. The van der Waals surface area contributed by atoms with Crippen LogP contribution in [0.3, 0.4) is 0 Å². The number of aromatic nitrogens is 3. The number of carbonyl (C=O) groups excluding carboxylic acids is 2. The molecule has 2 aromatic rings. The average Bonchev–Trinajstić information content (AvgIpc) is 2.76. The molecule has 0 fully saturated rings. The molecule has 6 heteroatoms. The second-order valence-corrected chi connectivity index (χ2v) is 3.83. The van der Waals surface area contributed by atoms with Gasteiger partial charge in [0, 0.05) is 12.6 Å². The number of para-hydroxylation sites is 1. The van der Waals surface area contributed by atoms with Gasteiger partial charge in [0.15, 0.2) is 11.5 Å². The summed E-state index contributed by atoms with van der Waals surface area (Å²) >= 11 is 0. The van der Waals surface area contributed by atoms with E-state index in [2.05, 4.69) is 15.6 Å². The Bertz CT molecular complexity index is 604. The van der Waals surface area contributed by atoms with Crippen molar-refractivity contribution in [3.63, 3.8) is 0 Å². The van der Waals surface area contributed by atoms with Crippen LogP contribution in [0.1, 0.15) is 27.8 Å². The van der Waals surface area contributed by atoms with E-state index in [0.717, 1.165) is 0 Å². The fraction of sp³-hybridized carbons (Fsp3) is 0.167. The summed E-state index contributed by atoms with van der Waals surface area (Å²) in [6, 6.07) is 6.83. The Labute approximate surface area is 104 Å². The molecule has 0 atom stereocenters. The van der Waals surface area contributed by atoms with Gasteiger partial charge in [-0.05, 0) is 19.1 Å². The van der Waals surface area contributed by atoms with Crippen LogP contribution in [0.5, 0.6) is 0 Å². The third-order valence-corrected chi connectivity index (χ3v) is 2.39. The van der Waals surface area contributed by atoms with E-state index < -0.39 is 5.91 Å². The molecule has 1 N–H and O–H groups in total. The Morgan fingerprint density at radius 1 is 1.28 bits per heavy atom.